The van der Waals surface area contributed by atoms with E-state index in [9.17, 15) is 0 Å². The molecule has 0 amide bonds. The quantitative estimate of drug-likeness (QED) is 0.794. The highest BCUT2D eigenvalue weighted by molar-refractivity contribution is 7.80. The third-order valence-corrected chi connectivity index (χ3v) is 3.31. The van der Waals surface area contributed by atoms with Crippen molar-refractivity contribution in [3.63, 3.8) is 0 Å². The Morgan fingerprint density at radius 3 is 2.44 bits per heavy atom. The third kappa shape index (κ3) is 2.73. The second-order valence-corrected chi connectivity index (χ2v) is 4.83. The smallest absolute Gasteiger partial charge is 0.103 e. The van der Waals surface area contributed by atoms with Crippen LogP contribution in [0.25, 0.3) is 0 Å². The summed E-state index contributed by atoms with van der Waals surface area (Å²) < 4.78 is 0. The molecule has 0 aromatic heterocycles. The molecule has 1 aliphatic carbocycles. The number of hydrogen-bond donors (Lipinski definition) is 1. The summed E-state index contributed by atoms with van der Waals surface area (Å²) in [6, 6.07) is 8.24. The molecule has 16 heavy (non-hydrogen) atoms. The first-order valence-electron chi connectivity index (χ1n) is 5.85. The summed E-state index contributed by atoms with van der Waals surface area (Å²) in [7, 11) is 0. The molecule has 3 heteroatoms. The van der Waals surface area contributed by atoms with Gasteiger partial charge in [-0.3, -0.25) is 0 Å². The van der Waals surface area contributed by atoms with Crippen LogP contribution in [0.5, 0.6) is 0 Å². The average molecular weight is 234 g/mol. The predicted octanol–water partition coefficient (Wildman–Crippen LogP) is 2.56. The first-order valence-corrected chi connectivity index (χ1v) is 6.26. The molecular weight excluding hydrogens is 216 g/mol. The molecule has 1 fully saturated rings. The zero-order valence-electron chi connectivity index (χ0n) is 9.65. The van der Waals surface area contributed by atoms with Crippen molar-refractivity contribution in [3.8, 4) is 0 Å². The van der Waals surface area contributed by atoms with E-state index in [0.29, 0.717) is 4.99 Å². The van der Waals surface area contributed by atoms with Crippen LogP contribution in [0.4, 0.5) is 5.69 Å². The van der Waals surface area contributed by atoms with Gasteiger partial charge in [-0.25, -0.2) is 0 Å². The van der Waals surface area contributed by atoms with E-state index in [2.05, 4.69) is 24.0 Å². The minimum Gasteiger partial charge on any atom is -0.389 e. The monoisotopic (exact) mass is 234 g/mol. The molecule has 0 atom stereocenters. The Labute approximate surface area is 102 Å². The van der Waals surface area contributed by atoms with E-state index < -0.39 is 0 Å². The zero-order chi connectivity index (χ0) is 11.5. The van der Waals surface area contributed by atoms with E-state index in [1.54, 1.807) is 0 Å². The van der Waals surface area contributed by atoms with Crippen LogP contribution in [0, 0.1) is 5.92 Å². The first kappa shape index (κ1) is 11.4. The normalized spacial score (nSPS) is 14.8. The number of nitrogens with two attached hydrogens (primary N) is 1. The Kier molecular flexibility index (Phi) is 3.44. The van der Waals surface area contributed by atoms with Crippen LogP contribution in [0.3, 0.4) is 0 Å². The SMILES string of the molecule is CCN(CC1CC1)c1ccc(C(N)=S)cc1. The van der Waals surface area contributed by atoms with Crippen molar-refractivity contribution in [1.29, 1.82) is 0 Å². The fourth-order valence-electron chi connectivity index (χ4n) is 1.87. The van der Waals surface area contributed by atoms with Crippen molar-refractivity contribution in [1.82, 2.24) is 0 Å². The Morgan fingerprint density at radius 2 is 2.00 bits per heavy atom. The maximum atomic E-state index is 5.58. The van der Waals surface area contributed by atoms with Gasteiger partial charge in [0, 0.05) is 24.3 Å². The molecule has 1 saturated carbocycles. The van der Waals surface area contributed by atoms with Gasteiger partial charge < -0.3 is 10.6 Å². The minimum absolute atomic E-state index is 0.469. The molecule has 86 valence electrons. The number of anilines is 1. The van der Waals surface area contributed by atoms with Crippen LogP contribution in [-0.2, 0) is 0 Å². The van der Waals surface area contributed by atoms with Gasteiger partial charge in [-0.2, -0.15) is 0 Å². The molecule has 1 aromatic carbocycles. The second-order valence-electron chi connectivity index (χ2n) is 4.39. The van der Waals surface area contributed by atoms with Gasteiger partial charge in [-0.05, 0) is 49.9 Å². The molecule has 0 saturated heterocycles. The molecule has 0 spiro atoms. The number of thiocarbonyl (C=S) groups is 1. The Bertz CT molecular complexity index is 368. The summed E-state index contributed by atoms with van der Waals surface area (Å²) in [6.07, 6.45) is 2.78. The molecule has 0 radical (unpaired) electrons. The lowest BCUT2D eigenvalue weighted by atomic mass is 10.2. The topological polar surface area (TPSA) is 29.3 Å². The highest BCUT2D eigenvalue weighted by Crippen LogP contribution is 2.31. The molecule has 0 bridgehead atoms. The molecule has 0 unspecified atom stereocenters. The van der Waals surface area contributed by atoms with Gasteiger partial charge in [-0.1, -0.05) is 12.2 Å². The largest absolute Gasteiger partial charge is 0.389 e. The van der Waals surface area contributed by atoms with Crippen molar-refractivity contribution in [2.45, 2.75) is 19.8 Å². The maximum absolute atomic E-state index is 5.58. The summed E-state index contributed by atoms with van der Waals surface area (Å²) in [5.74, 6) is 0.912. The third-order valence-electron chi connectivity index (χ3n) is 3.07. The van der Waals surface area contributed by atoms with E-state index in [1.165, 1.54) is 25.1 Å². The Balaban J connectivity index is 2.08. The van der Waals surface area contributed by atoms with Gasteiger partial charge in [-0.15, -0.1) is 0 Å². The standard InChI is InChI=1S/C13H18N2S/c1-2-15(9-10-3-4-10)12-7-5-11(6-8-12)13(14)16/h5-8,10H,2-4,9H2,1H3,(H2,14,16). The number of rotatable bonds is 5. The van der Waals surface area contributed by atoms with Gasteiger partial charge in [0.05, 0.1) is 0 Å². The van der Waals surface area contributed by atoms with Crippen LogP contribution in [0.2, 0.25) is 0 Å². The van der Waals surface area contributed by atoms with E-state index in [1.807, 2.05) is 12.1 Å². The van der Waals surface area contributed by atoms with Gasteiger partial charge in [0.15, 0.2) is 0 Å². The lowest BCUT2D eigenvalue weighted by Crippen LogP contribution is -2.25. The number of nitrogens with zero attached hydrogens (tertiary/aromatic N) is 1. The van der Waals surface area contributed by atoms with Gasteiger partial charge in [0.1, 0.15) is 4.99 Å². The average Bonchev–Trinajstić information content (AvgIpc) is 3.10. The van der Waals surface area contributed by atoms with Crippen molar-refractivity contribution in [2.24, 2.45) is 11.7 Å². The number of benzene rings is 1. The molecule has 0 heterocycles. The van der Waals surface area contributed by atoms with Crippen LogP contribution in [-0.4, -0.2) is 18.1 Å². The molecular formula is C13H18N2S. The van der Waals surface area contributed by atoms with E-state index in [-0.39, 0.29) is 0 Å². The molecule has 2 nitrogen and oxygen atoms in total. The highest BCUT2D eigenvalue weighted by Gasteiger charge is 2.23. The van der Waals surface area contributed by atoms with Crippen molar-refractivity contribution >= 4 is 22.9 Å². The van der Waals surface area contributed by atoms with E-state index in [0.717, 1.165) is 18.0 Å². The van der Waals surface area contributed by atoms with Crippen molar-refractivity contribution in [3.05, 3.63) is 29.8 Å². The van der Waals surface area contributed by atoms with Crippen LogP contribution < -0.4 is 10.6 Å². The summed E-state index contributed by atoms with van der Waals surface area (Å²) in [5, 5.41) is 0. The lowest BCUT2D eigenvalue weighted by Gasteiger charge is -2.23. The predicted molar refractivity (Wildman–Crippen MR) is 72.9 cm³/mol. The van der Waals surface area contributed by atoms with Gasteiger partial charge in [0.2, 0.25) is 0 Å². The number of hydrogen-bond acceptors (Lipinski definition) is 2. The van der Waals surface area contributed by atoms with Crippen LogP contribution >= 0.6 is 12.2 Å². The Hall–Kier alpha value is -1.09. The summed E-state index contributed by atoms with van der Waals surface area (Å²) >= 11 is 4.94. The first-order chi connectivity index (χ1) is 7.70. The van der Waals surface area contributed by atoms with Crippen LogP contribution in [0.1, 0.15) is 25.3 Å². The lowest BCUT2D eigenvalue weighted by molar-refractivity contribution is 0.742. The van der Waals surface area contributed by atoms with Crippen molar-refractivity contribution < 1.29 is 0 Å². The zero-order valence-corrected chi connectivity index (χ0v) is 10.5. The molecule has 1 aromatic rings. The summed E-state index contributed by atoms with van der Waals surface area (Å²) in [6.45, 7) is 4.44. The minimum atomic E-state index is 0.469. The van der Waals surface area contributed by atoms with Crippen LogP contribution in [0.15, 0.2) is 24.3 Å². The maximum Gasteiger partial charge on any atom is 0.103 e. The van der Waals surface area contributed by atoms with Gasteiger partial charge >= 0.3 is 0 Å². The van der Waals surface area contributed by atoms with Gasteiger partial charge in [0.25, 0.3) is 0 Å². The second kappa shape index (κ2) is 4.83. The Morgan fingerprint density at radius 1 is 1.38 bits per heavy atom. The van der Waals surface area contributed by atoms with Crippen molar-refractivity contribution in [2.75, 3.05) is 18.0 Å². The fraction of sp³-hybridized carbons (Fsp3) is 0.462. The molecule has 2 rings (SSSR count). The summed E-state index contributed by atoms with van der Waals surface area (Å²) in [4.78, 5) is 2.89. The fourth-order valence-corrected chi connectivity index (χ4v) is 2.00. The highest BCUT2D eigenvalue weighted by atomic mass is 32.1. The molecule has 1 aliphatic rings. The van der Waals surface area contributed by atoms with E-state index >= 15 is 0 Å². The molecule has 2 N–H and O–H groups in total. The summed E-state index contributed by atoms with van der Waals surface area (Å²) in [5.41, 5.74) is 7.80. The van der Waals surface area contributed by atoms with E-state index in [4.69, 9.17) is 18.0 Å². The molecule has 0 aliphatic heterocycles.